The van der Waals surface area contributed by atoms with Gasteiger partial charge in [-0.05, 0) is 65.3 Å². The van der Waals surface area contributed by atoms with E-state index in [1.165, 1.54) is 26.0 Å². The molecule has 1 heterocycles. The van der Waals surface area contributed by atoms with Crippen molar-refractivity contribution < 1.29 is 32.0 Å². The van der Waals surface area contributed by atoms with E-state index in [4.69, 9.17) is 0 Å². The third-order valence-electron chi connectivity index (χ3n) is 4.51. The summed E-state index contributed by atoms with van der Waals surface area (Å²) in [5.41, 5.74) is 0.579. The Morgan fingerprint density at radius 2 is 1.94 bits per heavy atom. The van der Waals surface area contributed by atoms with E-state index < -0.39 is 34.5 Å². The molecular weight excluding hydrogens is 451 g/mol. The molecule has 0 spiro atoms. The van der Waals surface area contributed by atoms with E-state index in [1.54, 1.807) is 0 Å². The van der Waals surface area contributed by atoms with Crippen LogP contribution < -0.4 is 4.74 Å². The van der Waals surface area contributed by atoms with Crippen LogP contribution in [0.2, 0.25) is 0 Å². The summed E-state index contributed by atoms with van der Waals surface area (Å²) in [5.74, 6) is -1.62. The lowest BCUT2D eigenvalue weighted by Crippen LogP contribution is -2.12. The van der Waals surface area contributed by atoms with Gasteiger partial charge in [0.2, 0.25) is 5.91 Å². The number of aryl methyl sites for hydroxylation is 1. The van der Waals surface area contributed by atoms with Crippen LogP contribution in [0.15, 0.2) is 26.8 Å². The maximum Gasteiger partial charge on any atom is 0.387 e. The second-order valence-corrected chi connectivity index (χ2v) is 10.2. The lowest BCUT2D eigenvalue weighted by molar-refractivity contribution is -0.117. The molecule has 31 heavy (non-hydrogen) atoms. The van der Waals surface area contributed by atoms with Crippen molar-refractivity contribution in [3.63, 3.8) is 0 Å². The van der Waals surface area contributed by atoms with Gasteiger partial charge in [-0.25, -0.2) is 4.39 Å². The molecule has 0 bridgehead atoms. The zero-order valence-electron chi connectivity index (χ0n) is 17.9. The fourth-order valence-corrected chi connectivity index (χ4v) is 5.03. The Hall–Kier alpha value is -1.91. The van der Waals surface area contributed by atoms with Crippen LogP contribution in [0.3, 0.4) is 0 Å². The summed E-state index contributed by atoms with van der Waals surface area (Å²) in [5, 5.41) is 9.99. The lowest BCUT2D eigenvalue weighted by atomic mass is 9.90. The topological polar surface area (TPSA) is 76.0 Å². The van der Waals surface area contributed by atoms with Crippen LogP contribution in [-0.4, -0.2) is 17.6 Å². The van der Waals surface area contributed by atoms with Gasteiger partial charge in [0.05, 0.1) is 12.0 Å². The minimum Gasteiger partial charge on any atom is -0.439 e. The largest absolute Gasteiger partial charge is 0.439 e. The highest BCUT2D eigenvalue weighted by Gasteiger charge is 2.20. The van der Waals surface area contributed by atoms with Gasteiger partial charge < -0.3 is 18.4 Å². The Bertz CT molecular complexity index is 1040. The van der Waals surface area contributed by atoms with E-state index in [0.29, 0.717) is 23.1 Å². The molecule has 1 aromatic heterocycles. The number of hydrogen-bond donors (Lipinski definition) is 1. The number of carbonyl (C=O) groups excluding carboxylic acids is 1. The van der Waals surface area contributed by atoms with Gasteiger partial charge in [0.15, 0.2) is 0 Å². The molecular formula is C21H25F3NO4S2-. The molecule has 0 atom stereocenters. The maximum atomic E-state index is 14.2. The molecule has 2 rings (SSSR count). The number of halogens is 3. The minimum atomic E-state index is -2.97. The molecule has 0 saturated carbocycles. The molecule has 0 radical (unpaired) electrons. The third-order valence-corrected chi connectivity index (χ3v) is 7.29. The number of thiophene rings is 1. The zero-order chi connectivity index (χ0) is 23.5. The van der Waals surface area contributed by atoms with Crippen LogP contribution >= 0.6 is 11.3 Å². The summed E-state index contributed by atoms with van der Waals surface area (Å²) in [6.45, 7) is 5.48. The van der Waals surface area contributed by atoms with Crippen molar-refractivity contribution in [2.75, 3.05) is 0 Å². The Balaban J connectivity index is 2.39. The van der Waals surface area contributed by atoms with E-state index in [0.717, 1.165) is 17.4 Å². The summed E-state index contributed by atoms with van der Waals surface area (Å²) < 4.78 is 59.8. The summed E-state index contributed by atoms with van der Waals surface area (Å²) in [4.78, 5) is 12.8. The highest BCUT2D eigenvalue weighted by atomic mass is 32.2. The monoisotopic (exact) mass is 476 g/mol. The van der Waals surface area contributed by atoms with Crippen LogP contribution in [0, 0.1) is 5.82 Å². The van der Waals surface area contributed by atoms with Crippen LogP contribution in [0.1, 0.15) is 62.1 Å². The molecule has 10 heteroatoms. The fraction of sp³-hybridized carbons (Fsp3) is 0.476. The van der Waals surface area contributed by atoms with Crippen molar-refractivity contribution in [2.24, 2.45) is 4.36 Å². The Morgan fingerprint density at radius 1 is 1.29 bits per heavy atom. The molecule has 0 saturated heterocycles. The molecule has 0 fully saturated rings. The van der Waals surface area contributed by atoms with E-state index in [2.05, 4.69) is 9.10 Å². The number of amides is 1. The van der Waals surface area contributed by atoms with Gasteiger partial charge in [-0.3, -0.25) is 4.79 Å². The minimum absolute atomic E-state index is 0.00654. The predicted molar refractivity (Wildman–Crippen MR) is 114 cm³/mol. The SMILES string of the molecule is CCc1cc(OC(F)F)cc(C(C)C)c1CC(=O)N=[S-](=O)c1sc(C(C)(C)O)cc1F. The van der Waals surface area contributed by atoms with Gasteiger partial charge in [-0.1, -0.05) is 20.8 Å². The van der Waals surface area contributed by atoms with Crippen molar-refractivity contribution in [1.29, 1.82) is 0 Å². The van der Waals surface area contributed by atoms with Crippen molar-refractivity contribution in [3.05, 3.63) is 45.6 Å². The average Bonchev–Trinajstić information content (AvgIpc) is 3.04. The van der Waals surface area contributed by atoms with Crippen molar-refractivity contribution in [2.45, 2.75) is 69.8 Å². The van der Waals surface area contributed by atoms with E-state index in [-0.39, 0.29) is 27.2 Å². The normalized spacial score (nSPS) is 13.3. The summed E-state index contributed by atoms with van der Waals surface area (Å²) in [6, 6.07) is 3.99. The summed E-state index contributed by atoms with van der Waals surface area (Å²) in [7, 11) is -2.27. The molecule has 1 amide bonds. The Labute approximate surface area is 185 Å². The maximum absolute atomic E-state index is 14.2. The summed E-state index contributed by atoms with van der Waals surface area (Å²) >= 11 is 0.787. The number of hydrogen-bond acceptors (Lipinski definition) is 6. The number of aliphatic hydroxyl groups is 1. The highest BCUT2D eigenvalue weighted by Crippen LogP contribution is 2.32. The third kappa shape index (κ3) is 6.54. The van der Waals surface area contributed by atoms with E-state index in [9.17, 15) is 27.3 Å². The molecule has 5 nitrogen and oxygen atoms in total. The van der Waals surface area contributed by atoms with Crippen molar-refractivity contribution >= 4 is 27.8 Å². The van der Waals surface area contributed by atoms with E-state index >= 15 is 0 Å². The molecule has 0 aliphatic rings. The Morgan fingerprint density at radius 3 is 2.42 bits per heavy atom. The number of ether oxygens (including phenoxy) is 1. The molecule has 0 unspecified atom stereocenters. The first-order chi connectivity index (χ1) is 14.3. The predicted octanol–water partition coefficient (Wildman–Crippen LogP) is 5.68. The van der Waals surface area contributed by atoms with Crippen molar-refractivity contribution in [1.82, 2.24) is 0 Å². The first-order valence-corrected chi connectivity index (χ1v) is 11.5. The quantitative estimate of drug-likeness (QED) is 0.498. The molecule has 0 aliphatic carbocycles. The van der Waals surface area contributed by atoms with E-state index in [1.807, 2.05) is 20.8 Å². The molecule has 1 aromatic carbocycles. The van der Waals surface area contributed by atoms with Crippen LogP contribution in [0.4, 0.5) is 13.2 Å². The number of benzene rings is 1. The van der Waals surface area contributed by atoms with Gasteiger partial charge in [-0.2, -0.15) is 20.1 Å². The van der Waals surface area contributed by atoms with Gasteiger partial charge in [0.1, 0.15) is 11.6 Å². The molecule has 2 aromatic rings. The highest BCUT2D eigenvalue weighted by molar-refractivity contribution is 7.78. The summed E-state index contributed by atoms with van der Waals surface area (Å²) in [6.07, 6.45) is 0.253. The number of rotatable bonds is 8. The first-order valence-electron chi connectivity index (χ1n) is 9.62. The lowest BCUT2D eigenvalue weighted by Gasteiger charge is -2.18. The van der Waals surface area contributed by atoms with Crippen LogP contribution in [0.25, 0.3) is 0 Å². The van der Waals surface area contributed by atoms with Gasteiger partial charge in [0, 0.05) is 4.88 Å². The van der Waals surface area contributed by atoms with Gasteiger partial charge in [0.25, 0.3) is 0 Å². The van der Waals surface area contributed by atoms with Crippen molar-refractivity contribution in [3.8, 4) is 5.75 Å². The smallest absolute Gasteiger partial charge is 0.387 e. The molecule has 0 aliphatic heterocycles. The second-order valence-electron chi connectivity index (χ2n) is 7.75. The number of carbonyl (C=O) groups is 1. The first kappa shape index (κ1) is 25.4. The molecule has 1 N–H and O–H groups in total. The molecule has 172 valence electrons. The zero-order valence-corrected chi connectivity index (χ0v) is 19.5. The van der Waals surface area contributed by atoms with Crippen LogP contribution in [-0.2, 0) is 38.0 Å². The van der Waals surface area contributed by atoms with Gasteiger partial charge in [-0.15, -0.1) is 10.6 Å². The Kier molecular flexibility index (Phi) is 8.29. The average molecular weight is 477 g/mol. The fourth-order valence-electron chi connectivity index (χ4n) is 3.03. The number of alkyl halides is 2. The second kappa shape index (κ2) is 10.1. The van der Waals surface area contributed by atoms with Crippen LogP contribution in [0.5, 0.6) is 5.75 Å². The number of nitrogens with zero attached hydrogens (tertiary/aromatic N) is 1. The van der Waals surface area contributed by atoms with Gasteiger partial charge >= 0.3 is 6.61 Å². The standard InChI is InChI=1S/C21H25F3NO4S2/c1-6-12-7-13(29-20(23)24)8-14(11(2)3)15(12)9-18(26)25-31(28)19-16(22)10-17(30-19)21(4,5)27/h7-8,10-11,20,27H,6,9H2,1-5H3/q-1.